The number of amides is 2. The van der Waals surface area contributed by atoms with E-state index < -0.39 is 23.6 Å². The molecular formula is C21H19F4N3O2. The number of benzene rings is 2. The molecule has 30 heavy (non-hydrogen) atoms. The summed E-state index contributed by atoms with van der Waals surface area (Å²) in [7, 11) is 0. The lowest BCUT2D eigenvalue weighted by molar-refractivity contribution is -0.137. The number of nitrogens with one attached hydrogen (secondary N) is 2. The van der Waals surface area contributed by atoms with Crippen molar-refractivity contribution >= 4 is 11.7 Å². The molecule has 9 heteroatoms. The molecule has 0 spiro atoms. The number of carbonyl (C=O) groups excluding carboxylic acids is 1. The van der Waals surface area contributed by atoms with Gasteiger partial charge in [0, 0.05) is 11.7 Å². The Balaban J connectivity index is 1.45. The van der Waals surface area contributed by atoms with Crippen molar-refractivity contribution in [3.05, 3.63) is 59.4 Å². The zero-order chi connectivity index (χ0) is 21.7. The van der Waals surface area contributed by atoms with Crippen LogP contribution in [0.15, 0.2) is 42.5 Å². The molecule has 5 nitrogen and oxygen atoms in total. The van der Waals surface area contributed by atoms with E-state index in [0.717, 1.165) is 18.2 Å². The van der Waals surface area contributed by atoms with E-state index in [1.165, 1.54) is 24.3 Å². The van der Waals surface area contributed by atoms with Crippen LogP contribution in [-0.2, 0) is 6.18 Å². The Hall–Kier alpha value is -3.28. The summed E-state index contributed by atoms with van der Waals surface area (Å²) in [4.78, 5) is 12.1. The molecule has 2 aromatic rings. The molecule has 0 unspecified atom stereocenters. The van der Waals surface area contributed by atoms with Crippen LogP contribution in [0.3, 0.4) is 0 Å². The summed E-state index contributed by atoms with van der Waals surface area (Å²) in [5, 5.41) is 14.2. The van der Waals surface area contributed by atoms with Crippen LogP contribution in [0.2, 0.25) is 0 Å². The van der Waals surface area contributed by atoms with Gasteiger partial charge in [0.15, 0.2) is 0 Å². The Kier molecular flexibility index (Phi) is 6.45. The molecule has 0 aliphatic heterocycles. The van der Waals surface area contributed by atoms with Gasteiger partial charge in [-0.25, -0.2) is 9.18 Å². The van der Waals surface area contributed by atoms with Crippen LogP contribution in [0.5, 0.6) is 5.75 Å². The van der Waals surface area contributed by atoms with Crippen molar-refractivity contribution in [1.29, 1.82) is 5.26 Å². The van der Waals surface area contributed by atoms with Crippen LogP contribution in [-0.4, -0.2) is 18.2 Å². The maximum Gasteiger partial charge on any atom is 0.416 e. The number of carbonyl (C=O) groups is 1. The number of hydrogen-bond donors (Lipinski definition) is 2. The predicted octanol–water partition coefficient (Wildman–Crippen LogP) is 5.23. The third-order valence-electron chi connectivity index (χ3n) is 4.84. The first-order valence-electron chi connectivity index (χ1n) is 9.35. The van der Waals surface area contributed by atoms with Crippen molar-refractivity contribution in [3.8, 4) is 11.8 Å². The lowest BCUT2D eigenvalue weighted by Crippen LogP contribution is -2.41. The van der Waals surface area contributed by atoms with Crippen LogP contribution < -0.4 is 15.4 Å². The fourth-order valence-corrected chi connectivity index (χ4v) is 3.28. The summed E-state index contributed by atoms with van der Waals surface area (Å²) < 4.78 is 56.9. The highest BCUT2D eigenvalue weighted by atomic mass is 19.4. The van der Waals surface area contributed by atoms with Crippen molar-refractivity contribution in [1.82, 2.24) is 5.32 Å². The fraction of sp³-hybridized carbons (Fsp3) is 0.333. The first-order chi connectivity index (χ1) is 14.2. The van der Waals surface area contributed by atoms with E-state index in [1.54, 1.807) is 6.07 Å². The highest BCUT2D eigenvalue weighted by molar-refractivity contribution is 5.89. The first-order valence-corrected chi connectivity index (χ1v) is 9.35. The number of rotatable bonds is 4. The molecule has 2 N–H and O–H groups in total. The van der Waals surface area contributed by atoms with Gasteiger partial charge in [-0.15, -0.1) is 0 Å². The molecule has 3 rings (SSSR count). The molecule has 0 saturated heterocycles. The fourth-order valence-electron chi connectivity index (χ4n) is 3.28. The summed E-state index contributed by atoms with van der Waals surface area (Å²) in [6.45, 7) is 0. The zero-order valence-corrected chi connectivity index (χ0v) is 15.8. The number of anilines is 1. The van der Waals surface area contributed by atoms with E-state index in [0.29, 0.717) is 37.1 Å². The Morgan fingerprint density at radius 2 is 1.73 bits per heavy atom. The number of halogens is 4. The number of nitrogens with zero attached hydrogens (tertiary/aromatic N) is 1. The molecule has 1 fully saturated rings. The number of hydrogen-bond acceptors (Lipinski definition) is 3. The summed E-state index contributed by atoms with van der Waals surface area (Å²) in [5.74, 6) is -0.281. The summed E-state index contributed by atoms with van der Waals surface area (Å²) in [6, 6.07) is 9.47. The smallest absolute Gasteiger partial charge is 0.416 e. The predicted molar refractivity (Wildman–Crippen MR) is 101 cm³/mol. The molecule has 2 aromatic carbocycles. The van der Waals surface area contributed by atoms with Crippen molar-refractivity contribution in [2.24, 2.45) is 0 Å². The van der Waals surface area contributed by atoms with E-state index >= 15 is 0 Å². The van der Waals surface area contributed by atoms with Crippen LogP contribution >= 0.6 is 0 Å². The van der Waals surface area contributed by atoms with Crippen molar-refractivity contribution in [2.75, 3.05) is 5.32 Å². The van der Waals surface area contributed by atoms with Gasteiger partial charge in [0.25, 0.3) is 0 Å². The summed E-state index contributed by atoms with van der Waals surface area (Å²) in [5.41, 5.74) is -0.574. The molecule has 2 amide bonds. The van der Waals surface area contributed by atoms with Gasteiger partial charge in [-0.05, 0) is 68.1 Å². The maximum absolute atomic E-state index is 13.3. The number of ether oxygens (including phenoxy) is 1. The molecule has 0 atom stereocenters. The molecule has 0 aromatic heterocycles. The van der Waals surface area contributed by atoms with E-state index in [9.17, 15) is 22.4 Å². The van der Waals surface area contributed by atoms with Crippen LogP contribution in [0.4, 0.5) is 28.0 Å². The molecule has 0 heterocycles. The summed E-state index contributed by atoms with van der Waals surface area (Å²) in [6.07, 6.45) is -1.95. The average Bonchev–Trinajstić information content (AvgIpc) is 2.70. The Labute approximate surface area is 170 Å². The van der Waals surface area contributed by atoms with Crippen molar-refractivity contribution < 1.29 is 27.1 Å². The second-order valence-corrected chi connectivity index (χ2v) is 7.02. The van der Waals surface area contributed by atoms with Crippen LogP contribution in [0, 0.1) is 17.1 Å². The highest BCUT2D eigenvalue weighted by Crippen LogP contribution is 2.31. The van der Waals surface area contributed by atoms with Gasteiger partial charge in [0.2, 0.25) is 0 Å². The van der Waals surface area contributed by atoms with Gasteiger partial charge in [-0.2, -0.15) is 18.4 Å². The van der Waals surface area contributed by atoms with E-state index in [2.05, 4.69) is 10.6 Å². The summed E-state index contributed by atoms with van der Waals surface area (Å²) >= 11 is 0. The van der Waals surface area contributed by atoms with Crippen LogP contribution in [0.1, 0.15) is 36.8 Å². The third kappa shape index (κ3) is 5.63. The third-order valence-corrected chi connectivity index (χ3v) is 4.84. The SMILES string of the molecule is N#Cc1cc(NC(=O)NC2CCC(Oc3ccc(C(F)(F)F)cc3)CC2)ccc1F. The minimum atomic E-state index is -4.38. The van der Waals surface area contributed by atoms with Crippen molar-refractivity contribution in [3.63, 3.8) is 0 Å². The molecular weight excluding hydrogens is 402 g/mol. The molecule has 1 aliphatic rings. The Morgan fingerprint density at radius 3 is 2.33 bits per heavy atom. The van der Waals surface area contributed by atoms with Gasteiger partial charge in [0.1, 0.15) is 17.6 Å². The molecule has 158 valence electrons. The average molecular weight is 421 g/mol. The number of nitriles is 1. The van der Waals surface area contributed by atoms with Gasteiger partial charge in [-0.3, -0.25) is 0 Å². The van der Waals surface area contributed by atoms with Crippen molar-refractivity contribution in [2.45, 2.75) is 44.0 Å². The van der Waals surface area contributed by atoms with E-state index in [4.69, 9.17) is 10.00 Å². The topological polar surface area (TPSA) is 74.2 Å². The second kappa shape index (κ2) is 9.03. The first kappa shape index (κ1) is 21.4. The van der Waals surface area contributed by atoms with Gasteiger partial charge < -0.3 is 15.4 Å². The standard InChI is InChI=1S/C21H19F4N3O2/c22-19-10-5-16(11-13(19)12-26)28-20(29)27-15-3-8-18(9-4-15)30-17-6-1-14(2-7-17)21(23,24)25/h1-2,5-7,10-11,15,18H,3-4,8-9H2,(H2,27,28,29). The normalized spacial score (nSPS) is 18.9. The second-order valence-electron chi connectivity index (χ2n) is 7.02. The van der Waals surface area contributed by atoms with Gasteiger partial charge in [0.05, 0.1) is 17.2 Å². The Bertz CT molecular complexity index is 931. The minimum absolute atomic E-state index is 0.0895. The lowest BCUT2D eigenvalue weighted by atomic mass is 9.93. The van der Waals surface area contributed by atoms with Crippen LogP contribution in [0.25, 0.3) is 0 Å². The van der Waals surface area contributed by atoms with Gasteiger partial charge in [-0.1, -0.05) is 0 Å². The largest absolute Gasteiger partial charge is 0.490 e. The number of alkyl halides is 3. The highest BCUT2D eigenvalue weighted by Gasteiger charge is 2.30. The lowest BCUT2D eigenvalue weighted by Gasteiger charge is -2.29. The monoisotopic (exact) mass is 421 g/mol. The molecule has 1 aliphatic carbocycles. The van der Waals surface area contributed by atoms with E-state index in [1.807, 2.05) is 0 Å². The number of urea groups is 1. The molecule has 1 saturated carbocycles. The quantitative estimate of drug-likeness (QED) is 0.664. The Morgan fingerprint density at radius 1 is 1.07 bits per heavy atom. The zero-order valence-electron chi connectivity index (χ0n) is 15.8. The minimum Gasteiger partial charge on any atom is -0.490 e. The maximum atomic E-state index is 13.3. The molecule has 0 bridgehead atoms. The van der Waals surface area contributed by atoms with E-state index in [-0.39, 0.29) is 17.7 Å². The molecule has 0 radical (unpaired) electrons. The van der Waals surface area contributed by atoms with Gasteiger partial charge >= 0.3 is 12.2 Å².